The van der Waals surface area contributed by atoms with Crippen molar-refractivity contribution < 1.29 is 17.9 Å². The predicted octanol–water partition coefficient (Wildman–Crippen LogP) is 1.92. The van der Waals surface area contributed by atoms with E-state index in [0.29, 0.717) is 5.56 Å². The van der Waals surface area contributed by atoms with Crippen LogP contribution in [0.15, 0.2) is 18.2 Å². The number of ether oxygens (including phenoxy) is 1. The second kappa shape index (κ2) is 4.19. The molecule has 0 aliphatic rings. The number of hydrogen-bond acceptors (Lipinski definition) is 3. The number of rotatable bonds is 2. The Kier molecular flexibility index (Phi) is 3.17. The molecule has 2 N–H and O–H groups in total. The number of benzene rings is 1. The van der Waals surface area contributed by atoms with E-state index in [9.17, 15) is 13.2 Å². The molecule has 0 radical (unpaired) electrons. The molecule has 3 nitrogen and oxygen atoms in total. The Morgan fingerprint density at radius 2 is 2.00 bits per heavy atom. The average Bonchev–Trinajstić information content (AvgIpc) is 2.14. The number of halogens is 3. The zero-order valence-corrected chi connectivity index (χ0v) is 7.51. The summed E-state index contributed by atoms with van der Waals surface area (Å²) >= 11 is 0. The minimum atomic E-state index is -4.76. The van der Waals surface area contributed by atoms with Gasteiger partial charge in [0.25, 0.3) is 0 Å². The lowest BCUT2D eigenvalue weighted by Gasteiger charge is -2.10. The molecular formula is C9H7F3N2O. The summed E-state index contributed by atoms with van der Waals surface area (Å²) in [5.74, 6) is -0.429. The molecule has 1 aromatic carbocycles. The van der Waals surface area contributed by atoms with Crippen molar-refractivity contribution in [2.45, 2.75) is 12.9 Å². The van der Waals surface area contributed by atoms with E-state index in [1.54, 1.807) is 6.07 Å². The molecule has 0 atom stereocenters. The van der Waals surface area contributed by atoms with E-state index in [2.05, 4.69) is 4.74 Å². The largest absolute Gasteiger partial charge is 0.573 e. The molecule has 0 bridgehead atoms. The number of nitriles is 1. The summed E-state index contributed by atoms with van der Waals surface area (Å²) in [6, 6.07) is 5.28. The highest BCUT2D eigenvalue weighted by Gasteiger charge is 2.31. The maximum Gasteiger partial charge on any atom is 0.573 e. The summed E-state index contributed by atoms with van der Waals surface area (Å²) in [5, 5.41) is 8.55. The maximum absolute atomic E-state index is 11.9. The van der Waals surface area contributed by atoms with Crippen molar-refractivity contribution in [3.05, 3.63) is 29.3 Å². The Morgan fingerprint density at radius 3 is 2.47 bits per heavy atom. The van der Waals surface area contributed by atoms with Crippen molar-refractivity contribution >= 4 is 0 Å². The van der Waals surface area contributed by atoms with Crippen molar-refractivity contribution in [2.75, 3.05) is 0 Å². The fourth-order valence-electron chi connectivity index (χ4n) is 1.04. The lowest BCUT2D eigenvalue weighted by Crippen LogP contribution is -2.17. The van der Waals surface area contributed by atoms with Crippen LogP contribution in [-0.4, -0.2) is 6.36 Å². The van der Waals surface area contributed by atoms with Crippen LogP contribution in [0, 0.1) is 11.3 Å². The van der Waals surface area contributed by atoms with Crippen molar-refractivity contribution in [3.8, 4) is 11.8 Å². The number of hydrogen-bond donors (Lipinski definition) is 1. The maximum atomic E-state index is 11.9. The molecule has 0 aliphatic carbocycles. The summed E-state index contributed by atoms with van der Waals surface area (Å²) < 4.78 is 39.3. The van der Waals surface area contributed by atoms with Gasteiger partial charge in [-0.25, -0.2) is 0 Å². The van der Waals surface area contributed by atoms with Crippen LogP contribution in [0.25, 0.3) is 0 Å². The van der Waals surface area contributed by atoms with Gasteiger partial charge in [0, 0.05) is 6.54 Å². The standard InChI is InChI=1S/C9H7F3N2O/c10-9(11,12)15-8-2-6(4-13)1-7(3-8)5-14/h1-3H,4,13H2. The molecule has 0 spiro atoms. The molecular weight excluding hydrogens is 209 g/mol. The molecule has 0 heterocycles. The zero-order chi connectivity index (χ0) is 11.5. The zero-order valence-electron chi connectivity index (χ0n) is 7.51. The van der Waals surface area contributed by atoms with Crippen molar-refractivity contribution in [2.24, 2.45) is 5.73 Å². The highest BCUT2D eigenvalue weighted by atomic mass is 19.4. The second-order valence-corrected chi connectivity index (χ2v) is 2.73. The fourth-order valence-corrected chi connectivity index (χ4v) is 1.04. The van der Waals surface area contributed by atoms with Crippen LogP contribution < -0.4 is 10.5 Å². The van der Waals surface area contributed by atoms with E-state index in [1.807, 2.05) is 0 Å². The number of nitrogens with two attached hydrogens (primary N) is 1. The lowest BCUT2D eigenvalue weighted by atomic mass is 10.1. The van der Waals surface area contributed by atoms with Crippen LogP contribution in [0.4, 0.5) is 13.2 Å². The van der Waals surface area contributed by atoms with Gasteiger partial charge in [-0.05, 0) is 23.8 Å². The quantitative estimate of drug-likeness (QED) is 0.821. The van der Waals surface area contributed by atoms with E-state index in [0.717, 1.165) is 12.1 Å². The normalized spacial score (nSPS) is 10.9. The summed E-state index contributed by atoms with van der Waals surface area (Å²) in [7, 11) is 0. The summed E-state index contributed by atoms with van der Waals surface area (Å²) in [5.41, 5.74) is 5.75. The van der Waals surface area contributed by atoms with Gasteiger partial charge in [0.05, 0.1) is 11.6 Å². The first kappa shape index (κ1) is 11.3. The summed E-state index contributed by atoms with van der Waals surface area (Å²) in [6.45, 7) is 0.0454. The molecule has 0 saturated carbocycles. The van der Waals surface area contributed by atoms with Gasteiger partial charge in [0.1, 0.15) is 5.75 Å². The molecule has 0 amide bonds. The average molecular weight is 216 g/mol. The Bertz CT molecular complexity index is 395. The van der Waals surface area contributed by atoms with E-state index in [4.69, 9.17) is 11.0 Å². The highest BCUT2D eigenvalue weighted by molar-refractivity contribution is 5.40. The molecule has 6 heteroatoms. The Labute approximate surface area is 83.9 Å². The first-order chi connectivity index (χ1) is 6.94. The minimum Gasteiger partial charge on any atom is -0.406 e. The molecule has 0 aliphatic heterocycles. The second-order valence-electron chi connectivity index (χ2n) is 2.73. The monoisotopic (exact) mass is 216 g/mol. The Hall–Kier alpha value is -1.74. The van der Waals surface area contributed by atoms with Gasteiger partial charge in [0.2, 0.25) is 0 Å². The molecule has 0 fully saturated rings. The highest BCUT2D eigenvalue weighted by Crippen LogP contribution is 2.24. The van der Waals surface area contributed by atoms with Crippen LogP contribution in [0.1, 0.15) is 11.1 Å². The van der Waals surface area contributed by atoms with Crippen molar-refractivity contribution in [1.29, 1.82) is 5.26 Å². The fraction of sp³-hybridized carbons (Fsp3) is 0.222. The molecule has 0 unspecified atom stereocenters. The van der Waals surface area contributed by atoms with E-state index < -0.39 is 12.1 Å². The van der Waals surface area contributed by atoms with E-state index in [-0.39, 0.29) is 12.1 Å². The molecule has 1 aromatic rings. The third-order valence-corrected chi connectivity index (χ3v) is 1.56. The minimum absolute atomic E-state index is 0.0454. The molecule has 1 rings (SSSR count). The van der Waals surface area contributed by atoms with Crippen LogP contribution in [0.3, 0.4) is 0 Å². The summed E-state index contributed by atoms with van der Waals surface area (Å²) in [4.78, 5) is 0. The van der Waals surface area contributed by atoms with Gasteiger partial charge < -0.3 is 10.5 Å². The molecule has 0 aromatic heterocycles. The van der Waals surface area contributed by atoms with Gasteiger partial charge in [-0.15, -0.1) is 13.2 Å². The lowest BCUT2D eigenvalue weighted by molar-refractivity contribution is -0.274. The third kappa shape index (κ3) is 3.48. The van der Waals surface area contributed by atoms with E-state index in [1.165, 1.54) is 6.07 Å². The SMILES string of the molecule is N#Cc1cc(CN)cc(OC(F)(F)F)c1. The van der Waals surface area contributed by atoms with Gasteiger partial charge in [0.15, 0.2) is 0 Å². The van der Waals surface area contributed by atoms with Crippen molar-refractivity contribution in [1.82, 2.24) is 0 Å². The smallest absolute Gasteiger partial charge is 0.406 e. The van der Waals surface area contributed by atoms with Crippen LogP contribution in [0.5, 0.6) is 5.75 Å². The van der Waals surface area contributed by atoms with E-state index >= 15 is 0 Å². The predicted molar refractivity (Wildman–Crippen MR) is 45.7 cm³/mol. The van der Waals surface area contributed by atoms with Gasteiger partial charge in [-0.1, -0.05) is 0 Å². The van der Waals surface area contributed by atoms with Gasteiger partial charge in [-0.2, -0.15) is 5.26 Å². The molecule has 15 heavy (non-hydrogen) atoms. The molecule has 80 valence electrons. The number of nitrogens with zero attached hydrogens (tertiary/aromatic N) is 1. The molecule has 0 saturated heterocycles. The van der Waals surface area contributed by atoms with Crippen LogP contribution in [0.2, 0.25) is 0 Å². The third-order valence-electron chi connectivity index (χ3n) is 1.56. The summed E-state index contributed by atoms with van der Waals surface area (Å²) in [6.07, 6.45) is -4.76. The van der Waals surface area contributed by atoms with Gasteiger partial charge >= 0.3 is 6.36 Å². The van der Waals surface area contributed by atoms with Gasteiger partial charge in [-0.3, -0.25) is 0 Å². The van der Waals surface area contributed by atoms with Crippen molar-refractivity contribution in [3.63, 3.8) is 0 Å². The van der Waals surface area contributed by atoms with Crippen LogP contribution in [-0.2, 0) is 6.54 Å². The Balaban J connectivity index is 3.03. The first-order valence-electron chi connectivity index (χ1n) is 3.94. The topological polar surface area (TPSA) is 59.0 Å². The number of alkyl halides is 3. The first-order valence-corrected chi connectivity index (χ1v) is 3.94. The van der Waals surface area contributed by atoms with Crippen LogP contribution >= 0.6 is 0 Å². The Morgan fingerprint density at radius 1 is 1.33 bits per heavy atom.